The lowest BCUT2D eigenvalue weighted by Gasteiger charge is -2.09. The maximum atomic E-state index is 12.2. The van der Waals surface area contributed by atoms with Crippen LogP contribution < -0.4 is 4.74 Å². The summed E-state index contributed by atoms with van der Waals surface area (Å²) in [4.78, 5) is 46.4. The summed E-state index contributed by atoms with van der Waals surface area (Å²) in [5.41, 5.74) is 0.0890. The molecule has 0 N–H and O–H groups in total. The normalized spacial score (nSPS) is 15.8. The summed E-state index contributed by atoms with van der Waals surface area (Å²) in [7, 11) is 2.52. The van der Waals surface area contributed by atoms with E-state index < -0.39 is 28.6 Å². The molecule has 0 saturated carbocycles. The number of amides is 2. The van der Waals surface area contributed by atoms with Gasteiger partial charge in [0.05, 0.1) is 24.0 Å². The molecule has 0 bridgehead atoms. The quantitative estimate of drug-likeness (QED) is 0.341. The van der Waals surface area contributed by atoms with Crippen molar-refractivity contribution in [2.75, 3.05) is 20.8 Å². The first-order valence-corrected chi connectivity index (χ1v) is 7.33. The molecule has 0 atom stereocenters. The van der Waals surface area contributed by atoms with Gasteiger partial charge in [-0.1, -0.05) is 0 Å². The van der Waals surface area contributed by atoms with Crippen molar-refractivity contribution < 1.29 is 28.8 Å². The van der Waals surface area contributed by atoms with Crippen molar-refractivity contribution in [2.24, 2.45) is 0 Å². The van der Waals surface area contributed by atoms with Crippen molar-refractivity contribution in [3.8, 4) is 5.75 Å². The topological polar surface area (TPSA) is 116 Å². The number of carbonyl (C=O) groups excluding carboxylic acids is 3. The highest BCUT2D eigenvalue weighted by Crippen LogP contribution is 2.34. The number of esters is 1. The smallest absolute Gasteiger partial charge is 0.325 e. The fraction of sp³-hybridized carbons (Fsp3) is 0.214. The van der Waals surface area contributed by atoms with Crippen molar-refractivity contribution in [1.29, 1.82) is 0 Å². The number of non-ortho nitro benzene ring substituents is 1. The number of hydrogen-bond acceptors (Lipinski definition) is 8. The molecule has 10 heteroatoms. The minimum atomic E-state index is -0.730. The standard InChI is InChI=1S/C14H12N2O7S/c1-22-10-4-3-9(16(20)21)5-8(10)6-11-13(18)15(14(19)24-11)7-12(17)23-2/h3-6H,7H2,1-2H3/b11-6-. The first kappa shape index (κ1) is 17.5. The molecule has 9 nitrogen and oxygen atoms in total. The number of nitro groups is 1. The van der Waals surface area contributed by atoms with Crippen LogP contribution in [-0.4, -0.2) is 47.7 Å². The van der Waals surface area contributed by atoms with Crippen LogP contribution in [0.5, 0.6) is 5.75 Å². The molecule has 1 aliphatic heterocycles. The lowest BCUT2D eigenvalue weighted by Crippen LogP contribution is -2.34. The van der Waals surface area contributed by atoms with Gasteiger partial charge in [-0.05, 0) is 23.9 Å². The molecule has 126 valence electrons. The molecule has 0 aromatic heterocycles. The van der Waals surface area contributed by atoms with Crippen LogP contribution in [0.4, 0.5) is 10.5 Å². The van der Waals surface area contributed by atoms with Crippen molar-refractivity contribution in [1.82, 2.24) is 4.90 Å². The minimum absolute atomic E-state index is 0.0303. The Morgan fingerprint density at radius 3 is 2.67 bits per heavy atom. The van der Waals surface area contributed by atoms with Crippen LogP contribution in [0.2, 0.25) is 0 Å². The Bertz CT molecular complexity index is 759. The second-order valence-corrected chi connectivity index (χ2v) is 5.52. The largest absolute Gasteiger partial charge is 0.496 e. The average molecular weight is 352 g/mol. The first-order valence-electron chi connectivity index (χ1n) is 6.52. The molecule has 1 aromatic carbocycles. The van der Waals surface area contributed by atoms with Gasteiger partial charge in [0.2, 0.25) is 0 Å². The van der Waals surface area contributed by atoms with Crippen LogP contribution in [0.1, 0.15) is 5.56 Å². The molecule has 24 heavy (non-hydrogen) atoms. The van der Waals surface area contributed by atoms with E-state index in [9.17, 15) is 24.5 Å². The van der Waals surface area contributed by atoms with Crippen molar-refractivity contribution >= 4 is 40.6 Å². The molecular weight excluding hydrogens is 340 g/mol. The molecule has 0 unspecified atom stereocenters. The Morgan fingerprint density at radius 1 is 1.38 bits per heavy atom. The fourth-order valence-corrected chi connectivity index (χ4v) is 2.75. The van der Waals surface area contributed by atoms with E-state index in [-0.39, 0.29) is 16.2 Å². The fourth-order valence-electron chi connectivity index (χ4n) is 1.92. The summed E-state index contributed by atoms with van der Waals surface area (Å²) >= 11 is 0.628. The highest BCUT2D eigenvalue weighted by molar-refractivity contribution is 8.18. The molecule has 1 saturated heterocycles. The zero-order valence-electron chi connectivity index (χ0n) is 12.7. The highest BCUT2D eigenvalue weighted by Gasteiger charge is 2.36. The third-order valence-electron chi connectivity index (χ3n) is 3.10. The van der Waals surface area contributed by atoms with Gasteiger partial charge in [0.25, 0.3) is 16.8 Å². The number of thioether (sulfide) groups is 1. The maximum absolute atomic E-state index is 12.2. The van der Waals surface area contributed by atoms with Crippen LogP contribution in [-0.2, 0) is 14.3 Å². The minimum Gasteiger partial charge on any atom is -0.496 e. The van der Waals surface area contributed by atoms with Crippen LogP contribution in [0.15, 0.2) is 23.1 Å². The molecule has 1 aromatic rings. The second kappa shape index (κ2) is 7.13. The van der Waals surface area contributed by atoms with Crippen LogP contribution in [0.25, 0.3) is 6.08 Å². The SMILES string of the molecule is COC(=O)CN1C(=O)S/C(=C\c2cc([N+](=O)[O-])ccc2OC)C1=O. The Kier molecular flexibility index (Phi) is 5.19. The predicted molar refractivity (Wildman–Crippen MR) is 84.3 cm³/mol. The third kappa shape index (κ3) is 3.54. The highest BCUT2D eigenvalue weighted by atomic mass is 32.2. The van der Waals surface area contributed by atoms with E-state index in [0.717, 1.165) is 12.0 Å². The van der Waals surface area contributed by atoms with Crippen molar-refractivity contribution in [2.45, 2.75) is 0 Å². The van der Waals surface area contributed by atoms with Gasteiger partial charge >= 0.3 is 5.97 Å². The molecule has 0 spiro atoms. The summed E-state index contributed by atoms with van der Waals surface area (Å²) in [6.45, 7) is -0.495. The molecule has 1 fully saturated rings. The lowest BCUT2D eigenvalue weighted by molar-refractivity contribution is -0.384. The number of imide groups is 1. The number of benzene rings is 1. The number of nitrogens with zero attached hydrogens (tertiary/aromatic N) is 2. The van der Waals surface area contributed by atoms with Gasteiger partial charge in [0, 0.05) is 17.7 Å². The number of carbonyl (C=O) groups is 3. The van der Waals surface area contributed by atoms with E-state index in [2.05, 4.69) is 4.74 Å². The monoisotopic (exact) mass is 352 g/mol. The van der Waals surface area contributed by atoms with Crippen molar-refractivity contribution in [3.05, 3.63) is 38.8 Å². The van der Waals surface area contributed by atoms with Gasteiger partial charge in [-0.3, -0.25) is 29.4 Å². The Morgan fingerprint density at radius 2 is 2.08 bits per heavy atom. The zero-order valence-corrected chi connectivity index (χ0v) is 13.5. The van der Waals surface area contributed by atoms with Gasteiger partial charge in [0.1, 0.15) is 12.3 Å². The first-order chi connectivity index (χ1) is 11.4. The molecular formula is C14H12N2O7S. The van der Waals surface area contributed by atoms with E-state index >= 15 is 0 Å². The molecule has 1 heterocycles. The van der Waals surface area contributed by atoms with Crippen LogP contribution in [0, 0.1) is 10.1 Å². The molecule has 0 radical (unpaired) electrons. The number of methoxy groups -OCH3 is 2. The second-order valence-electron chi connectivity index (χ2n) is 4.53. The summed E-state index contributed by atoms with van der Waals surface area (Å²) in [6.07, 6.45) is 1.31. The van der Waals surface area contributed by atoms with E-state index in [1.165, 1.54) is 31.4 Å². The van der Waals surface area contributed by atoms with Gasteiger partial charge in [0.15, 0.2) is 0 Å². The van der Waals surface area contributed by atoms with Crippen LogP contribution >= 0.6 is 11.8 Å². The Hall–Kier alpha value is -2.88. The maximum Gasteiger partial charge on any atom is 0.325 e. The van der Waals surface area contributed by atoms with Gasteiger partial charge in [-0.2, -0.15) is 0 Å². The number of ether oxygens (including phenoxy) is 2. The summed E-state index contributed by atoms with van der Waals surface area (Å²) < 4.78 is 9.53. The van der Waals surface area contributed by atoms with Gasteiger partial charge < -0.3 is 9.47 Å². The molecule has 2 amide bonds. The average Bonchev–Trinajstić information content (AvgIpc) is 2.82. The summed E-state index contributed by atoms with van der Waals surface area (Å²) in [5, 5.41) is 10.2. The zero-order chi connectivity index (χ0) is 17.9. The summed E-state index contributed by atoms with van der Waals surface area (Å²) in [6, 6.07) is 3.88. The Balaban J connectivity index is 2.36. The lowest BCUT2D eigenvalue weighted by atomic mass is 10.1. The summed E-state index contributed by atoms with van der Waals surface area (Å²) in [5.74, 6) is -1.10. The van der Waals surface area contributed by atoms with E-state index in [1.54, 1.807) is 0 Å². The van der Waals surface area contributed by atoms with E-state index in [1.807, 2.05) is 0 Å². The van der Waals surface area contributed by atoms with Gasteiger partial charge in [-0.15, -0.1) is 0 Å². The van der Waals surface area contributed by atoms with E-state index in [0.29, 0.717) is 17.5 Å². The number of rotatable bonds is 5. The third-order valence-corrected chi connectivity index (χ3v) is 4.01. The van der Waals surface area contributed by atoms with Crippen LogP contribution in [0.3, 0.4) is 0 Å². The van der Waals surface area contributed by atoms with Gasteiger partial charge in [-0.25, -0.2) is 0 Å². The van der Waals surface area contributed by atoms with Crippen molar-refractivity contribution in [3.63, 3.8) is 0 Å². The predicted octanol–water partition coefficient (Wildman–Crippen LogP) is 1.81. The number of nitro benzene ring substituents is 1. The van der Waals surface area contributed by atoms with E-state index in [4.69, 9.17) is 4.74 Å². The molecule has 2 rings (SSSR count). The molecule has 0 aliphatic carbocycles. The Labute approximate surface area is 140 Å². The molecule has 1 aliphatic rings. The number of hydrogen-bond donors (Lipinski definition) is 0.